The summed E-state index contributed by atoms with van der Waals surface area (Å²) in [5.41, 5.74) is 0. The largest absolute Gasteiger partial charge is 0.460 e. The van der Waals surface area contributed by atoms with E-state index < -0.39 is 101 Å². The zero-order valence-electron chi connectivity index (χ0n) is 27.5. The molecule has 5 nitrogen and oxygen atoms in total. The van der Waals surface area contributed by atoms with E-state index in [1.807, 2.05) is 19.6 Å². The van der Waals surface area contributed by atoms with Gasteiger partial charge in [-0.15, -0.1) is 0 Å². The van der Waals surface area contributed by atoms with Gasteiger partial charge in [0.15, 0.2) is 16.6 Å². The first-order valence-electron chi connectivity index (χ1n) is 14.1. The topological polar surface area (TPSA) is 57.2 Å². The van der Waals surface area contributed by atoms with E-state index in [4.69, 9.17) is 12.3 Å². The average molecular weight is 831 g/mol. The molecule has 0 amide bonds. The van der Waals surface area contributed by atoms with Gasteiger partial charge in [-0.05, 0) is 77.3 Å². The highest BCUT2D eigenvalue weighted by Crippen LogP contribution is 2.64. The third-order valence-corrected chi connectivity index (χ3v) is 21.3. The van der Waals surface area contributed by atoms with E-state index in [0.717, 1.165) is 0 Å². The summed E-state index contributed by atoms with van der Waals surface area (Å²) in [6, 6.07) is 0.251. The molecular weight excluding hydrogens is 792 g/mol. The zero-order chi connectivity index (χ0) is 39.8. The average Bonchev–Trinajstić information content (AvgIpc) is 2.83. The molecule has 0 aliphatic heterocycles. The maximum atomic E-state index is 14.2. The van der Waals surface area contributed by atoms with Crippen LogP contribution >= 0.6 is 0 Å². The van der Waals surface area contributed by atoms with Gasteiger partial charge in [0.2, 0.25) is 0 Å². The second-order valence-corrected chi connectivity index (χ2v) is 29.6. The van der Waals surface area contributed by atoms with E-state index in [1.165, 1.54) is 6.55 Å². The van der Waals surface area contributed by atoms with Crippen LogP contribution in [0.3, 0.4) is 0 Å². The molecule has 0 aromatic carbocycles. The molecule has 0 aromatic rings. The maximum Gasteiger partial charge on any atom is 0.460 e. The first kappa shape index (κ1) is 48.5. The van der Waals surface area contributed by atoms with Gasteiger partial charge in [0.25, 0.3) is 0 Å². The van der Waals surface area contributed by atoms with E-state index in [2.05, 4.69) is 4.74 Å². The summed E-state index contributed by atoms with van der Waals surface area (Å²) in [5, 5.41) is 9.17. The number of hydrogen-bond acceptors (Lipinski definition) is 5. The summed E-state index contributed by atoms with van der Waals surface area (Å²) >= 11 is 0. The Morgan fingerprint density at radius 2 is 0.898 bits per heavy atom. The molecule has 296 valence electrons. The predicted molar refractivity (Wildman–Crippen MR) is 151 cm³/mol. The molecule has 0 aliphatic carbocycles. The molecule has 0 bridgehead atoms. The summed E-state index contributed by atoms with van der Waals surface area (Å²) in [6.45, 7) is 9.72. The molecule has 0 aliphatic rings. The van der Waals surface area contributed by atoms with Gasteiger partial charge in [-0.3, -0.25) is 0 Å². The lowest BCUT2D eigenvalue weighted by Gasteiger charge is -2.42. The number of rotatable bonds is 21. The van der Waals surface area contributed by atoms with Gasteiger partial charge >= 0.3 is 64.8 Å². The van der Waals surface area contributed by atoms with E-state index in [9.17, 15) is 79.7 Å². The van der Waals surface area contributed by atoms with Crippen molar-refractivity contribution in [3.8, 4) is 0 Å². The zero-order valence-corrected chi connectivity index (χ0v) is 31.5. The Balaban J connectivity index is 6.11. The molecule has 49 heavy (non-hydrogen) atoms. The molecule has 0 aromatic heterocycles. The van der Waals surface area contributed by atoms with E-state index in [1.54, 1.807) is 26.2 Å². The van der Waals surface area contributed by atoms with Crippen LogP contribution in [0.2, 0.25) is 64.5 Å². The molecule has 0 heterocycles. The Hall–Kier alpha value is -0.522. The van der Waals surface area contributed by atoms with Crippen LogP contribution in [-0.2, 0) is 17.1 Å². The Kier molecular flexibility index (Phi) is 14.9. The van der Waals surface area contributed by atoms with Gasteiger partial charge in [-0.2, -0.15) is 74.6 Å². The van der Waals surface area contributed by atoms with Crippen LogP contribution in [0.15, 0.2) is 0 Å². The molecule has 0 saturated carbocycles. The standard InChI is InChI=1S/C23H39F17O5Si4/c1-46(2,3)43-48(6,7)45-49(8,44-47(4,5)13-9-11-41)14-10-12-42-15-16(24,25)17(26,27)18(28,29)19(30,31)20(32,33)21(34,35)22(36,37)23(38,39)40/h41H,9-15H2,1-8H3. The molecule has 26 heteroatoms. The fourth-order valence-electron chi connectivity index (χ4n) is 4.52. The lowest BCUT2D eigenvalue weighted by molar-refractivity contribution is -0.462. The van der Waals surface area contributed by atoms with Crippen molar-refractivity contribution < 1.29 is 96.8 Å². The first-order valence-corrected chi connectivity index (χ1v) is 26.0. The van der Waals surface area contributed by atoms with E-state index >= 15 is 0 Å². The second kappa shape index (κ2) is 15.1. The molecule has 1 N–H and O–H groups in total. The van der Waals surface area contributed by atoms with Crippen molar-refractivity contribution in [1.29, 1.82) is 0 Å². The number of aliphatic hydroxyl groups is 1. The van der Waals surface area contributed by atoms with Gasteiger partial charge in [-0.1, -0.05) is 0 Å². The second-order valence-electron chi connectivity index (χ2n) is 13.3. The van der Waals surface area contributed by atoms with Crippen molar-refractivity contribution in [2.75, 3.05) is 19.8 Å². The van der Waals surface area contributed by atoms with Crippen LogP contribution in [-0.4, -0.2) is 106 Å². The lowest BCUT2D eigenvalue weighted by Crippen LogP contribution is -2.74. The van der Waals surface area contributed by atoms with E-state index in [-0.39, 0.29) is 12.7 Å². The van der Waals surface area contributed by atoms with Crippen LogP contribution < -0.4 is 0 Å². The molecule has 0 spiro atoms. The smallest absolute Gasteiger partial charge is 0.437 e. The van der Waals surface area contributed by atoms with Gasteiger partial charge in [0, 0.05) is 13.2 Å². The monoisotopic (exact) mass is 830 g/mol. The van der Waals surface area contributed by atoms with Crippen LogP contribution in [0, 0.1) is 0 Å². The fourth-order valence-corrected chi connectivity index (χ4v) is 23.4. The normalized spacial score (nSPS) is 17.0. The number of halogens is 17. The Labute approximate surface area is 275 Å². The Morgan fingerprint density at radius 1 is 0.490 bits per heavy atom. The molecule has 1 unspecified atom stereocenters. The van der Waals surface area contributed by atoms with Gasteiger partial charge in [0.1, 0.15) is 6.61 Å². The molecule has 0 fully saturated rings. The highest BCUT2D eigenvalue weighted by molar-refractivity contribution is 6.89. The highest BCUT2D eigenvalue weighted by atomic mass is 28.5. The minimum absolute atomic E-state index is 0.168. The summed E-state index contributed by atoms with van der Waals surface area (Å²) in [4.78, 5) is 0. The number of ether oxygens (including phenoxy) is 1. The quantitative estimate of drug-likeness (QED) is 0.0710. The SMILES string of the molecule is C[Si](C)(C)O[Si](C)(C)O[Si](C)(CCCOCC(F)(F)C(F)(F)C(F)(F)C(F)(F)C(F)(F)C(F)(F)C(F)(F)C(F)(F)F)O[Si](C)(C)CCCO. The van der Waals surface area contributed by atoms with Gasteiger partial charge in [0.05, 0.1) is 0 Å². The van der Waals surface area contributed by atoms with Gasteiger partial charge in [-0.25, -0.2) is 0 Å². The third kappa shape index (κ3) is 10.8. The Bertz CT molecular complexity index is 1090. The summed E-state index contributed by atoms with van der Waals surface area (Å²) in [6.07, 6.45) is -7.90. The van der Waals surface area contributed by atoms with Crippen LogP contribution in [0.5, 0.6) is 0 Å². The first-order chi connectivity index (χ1) is 21.1. The minimum atomic E-state index is -8.68. The highest BCUT2D eigenvalue weighted by Gasteiger charge is 2.95. The van der Waals surface area contributed by atoms with Gasteiger partial charge < -0.3 is 22.2 Å². The van der Waals surface area contributed by atoms with Crippen molar-refractivity contribution in [2.24, 2.45) is 0 Å². The molecule has 1 atom stereocenters. The minimum Gasteiger partial charge on any atom is -0.437 e. The molecule has 0 rings (SSSR count). The Morgan fingerprint density at radius 3 is 1.29 bits per heavy atom. The number of hydrogen-bond donors (Lipinski definition) is 1. The van der Waals surface area contributed by atoms with Crippen molar-refractivity contribution in [3.05, 3.63) is 0 Å². The predicted octanol–water partition coefficient (Wildman–Crippen LogP) is 9.65. The lowest BCUT2D eigenvalue weighted by atomic mass is 9.89. The van der Waals surface area contributed by atoms with Crippen LogP contribution in [0.4, 0.5) is 74.6 Å². The fraction of sp³-hybridized carbons (Fsp3) is 1.00. The summed E-state index contributed by atoms with van der Waals surface area (Å²) < 4.78 is 252. The summed E-state index contributed by atoms with van der Waals surface area (Å²) in [5.74, 6) is -56.9. The maximum absolute atomic E-state index is 14.2. The number of alkyl halides is 17. The van der Waals surface area contributed by atoms with Crippen molar-refractivity contribution in [2.45, 2.75) is 125 Å². The third-order valence-electron chi connectivity index (χ3n) is 6.43. The van der Waals surface area contributed by atoms with Crippen molar-refractivity contribution >= 4 is 33.8 Å². The molecule has 0 radical (unpaired) electrons. The summed E-state index contributed by atoms with van der Waals surface area (Å²) in [7, 11) is -11.2. The van der Waals surface area contributed by atoms with Crippen molar-refractivity contribution in [1.82, 2.24) is 0 Å². The number of aliphatic hydroxyl groups excluding tert-OH is 1. The van der Waals surface area contributed by atoms with Crippen molar-refractivity contribution in [3.63, 3.8) is 0 Å². The van der Waals surface area contributed by atoms with Crippen LogP contribution in [0.25, 0.3) is 0 Å². The molecule has 0 saturated heterocycles. The molecular formula is C23H39F17O5Si4. The van der Waals surface area contributed by atoms with Crippen LogP contribution in [0.1, 0.15) is 12.8 Å². The van der Waals surface area contributed by atoms with E-state index in [0.29, 0.717) is 12.5 Å².